The molecule has 19 heavy (non-hydrogen) atoms. The van der Waals surface area contributed by atoms with E-state index in [1.54, 1.807) is 0 Å². The van der Waals surface area contributed by atoms with E-state index in [2.05, 4.69) is 5.32 Å². The van der Waals surface area contributed by atoms with Crippen molar-refractivity contribution in [1.29, 1.82) is 0 Å². The minimum Gasteiger partial charge on any atom is -0.358 e. The molecule has 1 aliphatic heterocycles. The van der Waals surface area contributed by atoms with Gasteiger partial charge in [0.25, 0.3) is 10.2 Å². The first-order chi connectivity index (χ1) is 9.02. The lowest BCUT2D eigenvalue weighted by molar-refractivity contribution is -0.120. The van der Waals surface area contributed by atoms with E-state index in [1.807, 2.05) is 6.92 Å². The zero-order valence-corrected chi connectivity index (χ0v) is 12.7. The Kier molecular flexibility index (Phi) is 6.74. The van der Waals surface area contributed by atoms with E-state index in [0.29, 0.717) is 26.1 Å². The highest BCUT2D eigenvalue weighted by molar-refractivity contribution is 7.86. The number of hydrogen-bond donors (Lipinski definition) is 1. The number of hydrogen-bond acceptors (Lipinski definition) is 3. The molecule has 112 valence electrons. The van der Waals surface area contributed by atoms with Crippen LogP contribution in [0.15, 0.2) is 0 Å². The van der Waals surface area contributed by atoms with Crippen molar-refractivity contribution in [2.24, 2.45) is 0 Å². The lowest BCUT2D eigenvalue weighted by Crippen LogP contribution is -2.48. The van der Waals surface area contributed by atoms with Gasteiger partial charge in [0, 0.05) is 26.7 Å². The summed E-state index contributed by atoms with van der Waals surface area (Å²) in [5.41, 5.74) is 0. The van der Waals surface area contributed by atoms with Gasteiger partial charge in [0.05, 0.1) is 6.54 Å². The molecule has 0 aliphatic carbocycles. The molecule has 7 heteroatoms. The molecule has 0 aromatic rings. The highest BCUT2D eigenvalue weighted by Crippen LogP contribution is 2.16. The van der Waals surface area contributed by atoms with E-state index >= 15 is 0 Å². The average molecular weight is 291 g/mol. The van der Waals surface area contributed by atoms with Crippen LogP contribution in [0.4, 0.5) is 0 Å². The molecule has 0 atom stereocenters. The number of nitrogens with one attached hydrogen (secondary N) is 1. The van der Waals surface area contributed by atoms with Crippen molar-refractivity contribution in [3.05, 3.63) is 0 Å². The molecule has 1 heterocycles. The summed E-state index contributed by atoms with van der Waals surface area (Å²) in [5.74, 6) is -0.271. The quantitative estimate of drug-likeness (QED) is 0.777. The number of rotatable bonds is 6. The molecule has 1 saturated heterocycles. The van der Waals surface area contributed by atoms with Gasteiger partial charge in [-0.15, -0.1) is 0 Å². The molecule has 1 aliphatic rings. The van der Waals surface area contributed by atoms with Crippen LogP contribution in [0.2, 0.25) is 0 Å². The van der Waals surface area contributed by atoms with Gasteiger partial charge in [-0.3, -0.25) is 4.79 Å². The van der Waals surface area contributed by atoms with Crippen LogP contribution in [0.1, 0.15) is 39.0 Å². The monoisotopic (exact) mass is 291 g/mol. The fourth-order valence-corrected chi connectivity index (χ4v) is 3.94. The van der Waals surface area contributed by atoms with Crippen LogP contribution in [0, 0.1) is 0 Å². The van der Waals surface area contributed by atoms with Gasteiger partial charge in [0.15, 0.2) is 0 Å². The number of likely N-dealkylation sites (N-methyl/N-ethyl adjacent to an activating group) is 1. The van der Waals surface area contributed by atoms with Crippen molar-refractivity contribution in [3.63, 3.8) is 0 Å². The third-order valence-electron chi connectivity index (χ3n) is 3.29. The molecule has 0 unspecified atom stereocenters. The highest BCUT2D eigenvalue weighted by Gasteiger charge is 2.30. The summed E-state index contributed by atoms with van der Waals surface area (Å²) in [6.45, 7) is 3.33. The Bertz CT molecular complexity index is 376. The highest BCUT2D eigenvalue weighted by atomic mass is 32.2. The molecule has 1 N–H and O–H groups in total. The van der Waals surface area contributed by atoms with Crippen LogP contribution in [0.5, 0.6) is 0 Å². The minimum absolute atomic E-state index is 0.0941. The topological polar surface area (TPSA) is 69.7 Å². The number of amides is 1. The maximum absolute atomic E-state index is 12.6. The Morgan fingerprint density at radius 3 is 2.26 bits per heavy atom. The minimum atomic E-state index is -3.51. The molecule has 0 aromatic heterocycles. The first-order valence-corrected chi connectivity index (χ1v) is 8.38. The third-order valence-corrected chi connectivity index (χ3v) is 5.27. The summed E-state index contributed by atoms with van der Waals surface area (Å²) in [6.07, 6.45) is 4.66. The van der Waals surface area contributed by atoms with Gasteiger partial charge in [0.2, 0.25) is 5.91 Å². The molecular formula is C12H25N3O3S. The molecule has 0 radical (unpaired) electrons. The van der Waals surface area contributed by atoms with Gasteiger partial charge in [-0.05, 0) is 19.3 Å². The SMILES string of the molecule is CCCN(CC(=O)NC)S(=O)(=O)N1CCCCCC1. The van der Waals surface area contributed by atoms with Crippen molar-refractivity contribution in [2.45, 2.75) is 39.0 Å². The normalized spacial score (nSPS) is 18.3. The Labute approximate surface area is 116 Å². The Hall–Kier alpha value is -0.660. The number of carbonyl (C=O) groups excluding carboxylic acids is 1. The molecule has 0 spiro atoms. The van der Waals surface area contributed by atoms with Gasteiger partial charge in [-0.25, -0.2) is 0 Å². The predicted molar refractivity (Wildman–Crippen MR) is 74.9 cm³/mol. The zero-order chi connectivity index (χ0) is 14.3. The number of carbonyl (C=O) groups is 1. The molecule has 0 bridgehead atoms. The van der Waals surface area contributed by atoms with Crippen LogP contribution in [-0.4, -0.2) is 56.2 Å². The fraction of sp³-hybridized carbons (Fsp3) is 0.917. The first-order valence-electron chi connectivity index (χ1n) is 6.98. The lowest BCUT2D eigenvalue weighted by atomic mass is 10.2. The first kappa shape index (κ1) is 16.4. The summed E-state index contributed by atoms with van der Waals surface area (Å²) in [4.78, 5) is 11.5. The van der Waals surface area contributed by atoms with Crippen LogP contribution >= 0.6 is 0 Å². The van der Waals surface area contributed by atoms with Crippen molar-refractivity contribution in [1.82, 2.24) is 13.9 Å². The second kappa shape index (κ2) is 7.81. The summed E-state index contributed by atoms with van der Waals surface area (Å²) in [7, 11) is -1.99. The Balaban J connectivity index is 2.81. The second-order valence-corrected chi connectivity index (χ2v) is 6.76. The summed E-state index contributed by atoms with van der Waals surface area (Å²) >= 11 is 0. The third kappa shape index (κ3) is 4.74. The summed E-state index contributed by atoms with van der Waals surface area (Å²) in [6, 6.07) is 0. The van der Waals surface area contributed by atoms with Gasteiger partial charge < -0.3 is 5.32 Å². The van der Waals surface area contributed by atoms with Gasteiger partial charge in [-0.1, -0.05) is 19.8 Å². The maximum atomic E-state index is 12.6. The van der Waals surface area contributed by atoms with Gasteiger partial charge in [-0.2, -0.15) is 17.0 Å². The van der Waals surface area contributed by atoms with Crippen molar-refractivity contribution in [3.8, 4) is 0 Å². The predicted octanol–water partition coefficient (Wildman–Crippen LogP) is 0.565. The molecule has 6 nitrogen and oxygen atoms in total. The zero-order valence-electron chi connectivity index (χ0n) is 11.9. The van der Waals surface area contributed by atoms with E-state index in [9.17, 15) is 13.2 Å². The lowest BCUT2D eigenvalue weighted by Gasteiger charge is -2.28. The average Bonchev–Trinajstić information content (AvgIpc) is 2.67. The van der Waals surface area contributed by atoms with Crippen LogP contribution < -0.4 is 5.32 Å². The van der Waals surface area contributed by atoms with Gasteiger partial charge in [0.1, 0.15) is 0 Å². The maximum Gasteiger partial charge on any atom is 0.282 e. The molecular weight excluding hydrogens is 266 g/mol. The molecule has 1 fully saturated rings. The largest absolute Gasteiger partial charge is 0.358 e. The Morgan fingerprint density at radius 2 is 1.79 bits per heavy atom. The molecule has 0 saturated carbocycles. The van der Waals surface area contributed by atoms with E-state index in [-0.39, 0.29) is 12.5 Å². The standard InChI is InChI=1S/C12H25N3O3S/c1-3-8-15(11-12(16)13-2)19(17,18)14-9-6-4-5-7-10-14/h3-11H2,1-2H3,(H,13,16). The Morgan fingerprint density at radius 1 is 1.21 bits per heavy atom. The molecule has 0 aromatic carbocycles. The summed E-state index contributed by atoms with van der Waals surface area (Å²) in [5, 5.41) is 2.48. The summed E-state index contributed by atoms with van der Waals surface area (Å²) < 4.78 is 27.9. The van der Waals surface area contributed by atoms with Crippen LogP contribution in [-0.2, 0) is 15.0 Å². The fourth-order valence-electron chi connectivity index (χ4n) is 2.20. The van der Waals surface area contributed by atoms with E-state index in [0.717, 1.165) is 25.7 Å². The van der Waals surface area contributed by atoms with Gasteiger partial charge >= 0.3 is 0 Å². The van der Waals surface area contributed by atoms with Crippen molar-refractivity contribution < 1.29 is 13.2 Å². The van der Waals surface area contributed by atoms with Crippen LogP contribution in [0.25, 0.3) is 0 Å². The molecule has 1 amide bonds. The van der Waals surface area contributed by atoms with E-state index in [1.165, 1.54) is 15.7 Å². The van der Waals surface area contributed by atoms with E-state index < -0.39 is 10.2 Å². The van der Waals surface area contributed by atoms with Crippen molar-refractivity contribution in [2.75, 3.05) is 33.2 Å². The smallest absolute Gasteiger partial charge is 0.282 e. The molecule has 1 rings (SSSR count). The second-order valence-electron chi connectivity index (χ2n) is 4.83. The van der Waals surface area contributed by atoms with Crippen LogP contribution in [0.3, 0.4) is 0 Å². The van der Waals surface area contributed by atoms with E-state index in [4.69, 9.17) is 0 Å². The number of nitrogens with zero attached hydrogens (tertiary/aromatic N) is 2. The van der Waals surface area contributed by atoms with Crippen molar-refractivity contribution >= 4 is 16.1 Å².